The number of rotatable bonds is 3. The van der Waals surface area contributed by atoms with E-state index in [9.17, 15) is 0 Å². The van der Waals surface area contributed by atoms with Crippen molar-refractivity contribution < 1.29 is 0 Å². The fourth-order valence-corrected chi connectivity index (χ4v) is 2.20. The summed E-state index contributed by atoms with van der Waals surface area (Å²) in [6.45, 7) is 2.10. The first kappa shape index (κ1) is 13.2. The van der Waals surface area contributed by atoms with E-state index >= 15 is 0 Å². The maximum absolute atomic E-state index is 4.07. The molecular formula is C18H15N3. The topological polar surface area (TPSA) is 38.7 Å². The lowest BCUT2D eigenvalue weighted by Crippen LogP contribution is -1.84. The van der Waals surface area contributed by atoms with Crippen molar-refractivity contribution in [2.75, 3.05) is 0 Å². The quantitative estimate of drug-likeness (QED) is 0.721. The minimum absolute atomic E-state index is 1.02. The highest BCUT2D eigenvalue weighted by Gasteiger charge is 2.00. The average molecular weight is 273 g/mol. The third kappa shape index (κ3) is 3.20. The molecule has 0 radical (unpaired) electrons. The van der Waals surface area contributed by atoms with Gasteiger partial charge in [-0.2, -0.15) is 0 Å². The van der Waals surface area contributed by atoms with Gasteiger partial charge in [-0.3, -0.25) is 4.98 Å². The Balaban J connectivity index is 1.94. The van der Waals surface area contributed by atoms with Crippen LogP contribution in [-0.4, -0.2) is 15.0 Å². The summed E-state index contributed by atoms with van der Waals surface area (Å²) < 4.78 is 0. The zero-order valence-corrected chi connectivity index (χ0v) is 11.8. The van der Waals surface area contributed by atoms with Crippen LogP contribution < -0.4 is 0 Å². The van der Waals surface area contributed by atoms with Gasteiger partial charge < -0.3 is 0 Å². The van der Waals surface area contributed by atoms with Gasteiger partial charge in [0.25, 0.3) is 0 Å². The van der Waals surface area contributed by atoms with Crippen LogP contribution in [0.3, 0.4) is 0 Å². The van der Waals surface area contributed by atoms with E-state index in [-0.39, 0.29) is 0 Å². The van der Waals surface area contributed by atoms with Crippen molar-refractivity contribution in [3.05, 3.63) is 78.6 Å². The average Bonchev–Trinajstić information content (AvgIpc) is 2.57. The zero-order valence-electron chi connectivity index (χ0n) is 11.8. The van der Waals surface area contributed by atoms with Crippen molar-refractivity contribution in [3.63, 3.8) is 0 Å². The molecule has 21 heavy (non-hydrogen) atoms. The SMILES string of the molecule is C/C(=C\c1cccc(-c2cncnc2)c1)c1ccncc1. The molecule has 3 aromatic rings. The molecule has 0 saturated heterocycles. The number of benzene rings is 1. The molecule has 0 atom stereocenters. The van der Waals surface area contributed by atoms with Crippen molar-refractivity contribution >= 4 is 11.6 Å². The lowest BCUT2D eigenvalue weighted by atomic mass is 10.0. The molecule has 0 spiro atoms. The maximum Gasteiger partial charge on any atom is 0.115 e. The molecule has 0 aliphatic carbocycles. The van der Waals surface area contributed by atoms with Crippen molar-refractivity contribution in [1.82, 2.24) is 15.0 Å². The summed E-state index contributed by atoms with van der Waals surface area (Å²) in [5.41, 5.74) is 5.68. The van der Waals surface area contributed by atoms with Crippen LogP contribution in [0.4, 0.5) is 0 Å². The molecule has 0 saturated carbocycles. The Hall–Kier alpha value is -2.81. The molecule has 0 amide bonds. The van der Waals surface area contributed by atoms with Crippen molar-refractivity contribution in [2.24, 2.45) is 0 Å². The van der Waals surface area contributed by atoms with E-state index in [0.717, 1.165) is 16.7 Å². The van der Waals surface area contributed by atoms with Crippen LogP contribution in [0.15, 0.2) is 67.5 Å². The normalized spacial score (nSPS) is 11.4. The Bertz CT molecular complexity index is 750. The number of allylic oxidation sites excluding steroid dienone is 1. The van der Waals surface area contributed by atoms with Gasteiger partial charge in [-0.25, -0.2) is 9.97 Å². The summed E-state index contributed by atoms with van der Waals surface area (Å²) in [5, 5.41) is 0. The second kappa shape index (κ2) is 6.09. The predicted molar refractivity (Wildman–Crippen MR) is 85.3 cm³/mol. The van der Waals surface area contributed by atoms with Crippen LogP contribution in [0.2, 0.25) is 0 Å². The van der Waals surface area contributed by atoms with Gasteiger partial charge in [0, 0.05) is 30.4 Å². The number of hydrogen-bond acceptors (Lipinski definition) is 3. The minimum atomic E-state index is 1.02. The van der Waals surface area contributed by atoms with E-state index < -0.39 is 0 Å². The first-order valence-corrected chi connectivity index (χ1v) is 6.77. The van der Waals surface area contributed by atoms with Crippen LogP contribution in [0.5, 0.6) is 0 Å². The molecule has 2 aromatic heterocycles. The van der Waals surface area contributed by atoms with Crippen molar-refractivity contribution in [2.45, 2.75) is 6.92 Å². The summed E-state index contributed by atoms with van der Waals surface area (Å²) in [5.74, 6) is 0. The van der Waals surface area contributed by atoms with Crippen LogP contribution in [-0.2, 0) is 0 Å². The van der Waals surface area contributed by atoms with E-state index in [0.29, 0.717) is 0 Å². The summed E-state index contributed by atoms with van der Waals surface area (Å²) in [4.78, 5) is 12.2. The van der Waals surface area contributed by atoms with Gasteiger partial charge in [0.2, 0.25) is 0 Å². The van der Waals surface area contributed by atoms with Gasteiger partial charge in [-0.1, -0.05) is 24.3 Å². The standard InChI is InChI=1S/C18H15N3/c1-14(16-5-7-19-8-6-16)9-15-3-2-4-17(10-15)18-11-20-13-21-12-18/h2-13H,1H3/b14-9+. The van der Waals surface area contributed by atoms with Gasteiger partial charge in [-0.05, 0) is 47.4 Å². The zero-order chi connectivity index (χ0) is 14.5. The monoisotopic (exact) mass is 273 g/mol. The molecule has 0 bridgehead atoms. The van der Waals surface area contributed by atoms with Gasteiger partial charge in [0.1, 0.15) is 6.33 Å². The maximum atomic E-state index is 4.07. The molecule has 3 heteroatoms. The van der Waals surface area contributed by atoms with E-state index in [1.54, 1.807) is 6.33 Å². The summed E-state index contributed by atoms with van der Waals surface area (Å²) in [6.07, 6.45) is 11.0. The fraction of sp³-hybridized carbons (Fsp3) is 0.0556. The summed E-state index contributed by atoms with van der Waals surface area (Å²) >= 11 is 0. The van der Waals surface area contributed by atoms with Gasteiger partial charge >= 0.3 is 0 Å². The molecule has 0 aliphatic heterocycles. The lowest BCUT2D eigenvalue weighted by molar-refractivity contribution is 1.17. The Morgan fingerprint density at radius 1 is 0.905 bits per heavy atom. The molecule has 3 nitrogen and oxygen atoms in total. The molecule has 1 aromatic carbocycles. The molecule has 3 rings (SSSR count). The Morgan fingerprint density at radius 3 is 2.43 bits per heavy atom. The largest absolute Gasteiger partial charge is 0.265 e. The third-order valence-electron chi connectivity index (χ3n) is 3.30. The third-order valence-corrected chi connectivity index (χ3v) is 3.30. The van der Waals surface area contributed by atoms with Gasteiger partial charge in [0.05, 0.1) is 0 Å². The second-order valence-electron chi connectivity index (χ2n) is 4.82. The van der Waals surface area contributed by atoms with E-state index in [1.807, 2.05) is 43.0 Å². The summed E-state index contributed by atoms with van der Waals surface area (Å²) in [6, 6.07) is 12.4. The van der Waals surface area contributed by atoms with Crippen LogP contribution in [0.1, 0.15) is 18.1 Å². The highest BCUT2D eigenvalue weighted by atomic mass is 14.8. The number of nitrogens with zero attached hydrogens (tertiary/aromatic N) is 3. The first-order chi connectivity index (χ1) is 10.3. The minimum Gasteiger partial charge on any atom is -0.265 e. The Labute approximate surface area is 124 Å². The van der Waals surface area contributed by atoms with E-state index in [4.69, 9.17) is 0 Å². The van der Waals surface area contributed by atoms with Gasteiger partial charge in [0.15, 0.2) is 0 Å². The summed E-state index contributed by atoms with van der Waals surface area (Å²) in [7, 11) is 0. The smallest absolute Gasteiger partial charge is 0.115 e. The molecular weight excluding hydrogens is 258 g/mol. The highest BCUT2D eigenvalue weighted by molar-refractivity contribution is 5.81. The van der Waals surface area contributed by atoms with Crippen LogP contribution in [0.25, 0.3) is 22.8 Å². The second-order valence-corrected chi connectivity index (χ2v) is 4.82. The van der Waals surface area contributed by atoms with Gasteiger partial charge in [-0.15, -0.1) is 0 Å². The molecule has 0 fully saturated rings. The van der Waals surface area contributed by atoms with E-state index in [1.165, 1.54) is 11.1 Å². The van der Waals surface area contributed by atoms with Crippen LogP contribution in [0, 0.1) is 0 Å². The number of pyridine rings is 1. The Morgan fingerprint density at radius 2 is 1.67 bits per heavy atom. The molecule has 0 unspecified atom stereocenters. The molecule has 0 N–H and O–H groups in total. The number of aromatic nitrogens is 3. The Kier molecular flexibility index (Phi) is 3.83. The fourth-order valence-electron chi connectivity index (χ4n) is 2.20. The molecule has 0 aliphatic rings. The molecule has 102 valence electrons. The van der Waals surface area contributed by atoms with E-state index in [2.05, 4.69) is 46.2 Å². The van der Waals surface area contributed by atoms with Crippen molar-refractivity contribution in [3.8, 4) is 11.1 Å². The molecule has 2 heterocycles. The highest BCUT2D eigenvalue weighted by Crippen LogP contribution is 2.22. The van der Waals surface area contributed by atoms with Crippen LogP contribution >= 0.6 is 0 Å². The first-order valence-electron chi connectivity index (χ1n) is 6.77. The predicted octanol–water partition coefficient (Wildman–Crippen LogP) is 4.10. The lowest BCUT2D eigenvalue weighted by Gasteiger charge is -2.04. The van der Waals surface area contributed by atoms with Crippen molar-refractivity contribution in [1.29, 1.82) is 0 Å². The number of hydrogen-bond donors (Lipinski definition) is 0.